The van der Waals surface area contributed by atoms with Gasteiger partial charge in [-0.15, -0.1) is 0 Å². The van der Waals surface area contributed by atoms with Crippen LogP contribution >= 0.6 is 0 Å². The monoisotopic (exact) mass is 298 g/mol. The Labute approximate surface area is 123 Å². The molecule has 0 aromatic carbocycles. The van der Waals surface area contributed by atoms with Gasteiger partial charge in [-0.3, -0.25) is 0 Å². The van der Waals surface area contributed by atoms with Crippen LogP contribution in [0.15, 0.2) is 11.6 Å². The second-order valence-corrected chi connectivity index (χ2v) is 6.87. The van der Waals surface area contributed by atoms with Crippen molar-refractivity contribution in [3.8, 4) is 0 Å². The average Bonchev–Trinajstić information content (AvgIpc) is 2.76. The Kier molecular flexibility index (Phi) is 3.05. The van der Waals surface area contributed by atoms with Crippen molar-refractivity contribution in [2.45, 2.75) is 44.5 Å². The predicted octanol–water partition coefficient (Wildman–Crippen LogP) is -0.649. The molecule has 0 aromatic rings. The minimum atomic E-state index is -1.59. The van der Waals surface area contributed by atoms with E-state index in [-0.39, 0.29) is 5.92 Å². The number of esters is 1. The van der Waals surface area contributed by atoms with Crippen molar-refractivity contribution in [2.75, 3.05) is 13.2 Å². The predicted molar refractivity (Wildman–Crippen MR) is 72.0 cm³/mol. The van der Waals surface area contributed by atoms with Crippen LogP contribution in [-0.2, 0) is 9.53 Å². The van der Waals surface area contributed by atoms with E-state index in [2.05, 4.69) is 0 Å². The lowest BCUT2D eigenvalue weighted by molar-refractivity contribution is -0.252. The number of carbonyl (C=O) groups excluding carboxylic acids is 1. The smallest absolute Gasteiger partial charge is 0.336 e. The van der Waals surface area contributed by atoms with Gasteiger partial charge in [0.2, 0.25) is 0 Å². The number of hydrogen-bond donors (Lipinski definition) is 4. The van der Waals surface area contributed by atoms with E-state index in [4.69, 9.17) is 4.74 Å². The van der Waals surface area contributed by atoms with Crippen LogP contribution in [0.2, 0.25) is 0 Å². The van der Waals surface area contributed by atoms with Crippen molar-refractivity contribution < 1.29 is 30.0 Å². The maximum atomic E-state index is 12.0. The third kappa shape index (κ3) is 1.44. The Hall–Kier alpha value is -0.950. The van der Waals surface area contributed by atoms with Crippen molar-refractivity contribution >= 4 is 5.97 Å². The maximum absolute atomic E-state index is 12.0. The van der Waals surface area contributed by atoms with Crippen LogP contribution in [-0.4, -0.2) is 57.4 Å². The number of carbonyl (C=O) groups is 1. The molecule has 2 fully saturated rings. The zero-order valence-corrected chi connectivity index (χ0v) is 12.2. The third-order valence-corrected chi connectivity index (χ3v) is 6.20. The molecule has 2 aliphatic carbocycles. The summed E-state index contributed by atoms with van der Waals surface area (Å²) in [5.41, 5.74) is -3.18. The second kappa shape index (κ2) is 4.29. The van der Waals surface area contributed by atoms with E-state index >= 15 is 0 Å². The van der Waals surface area contributed by atoms with Gasteiger partial charge in [0.05, 0.1) is 18.6 Å². The van der Waals surface area contributed by atoms with Crippen LogP contribution in [0.25, 0.3) is 0 Å². The van der Waals surface area contributed by atoms with Gasteiger partial charge in [-0.1, -0.05) is 18.6 Å². The minimum absolute atomic E-state index is 0.0218. The molecule has 2 bridgehead atoms. The van der Waals surface area contributed by atoms with Crippen LogP contribution < -0.4 is 0 Å². The van der Waals surface area contributed by atoms with Gasteiger partial charge >= 0.3 is 5.97 Å². The largest absolute Gasteiger partial charge is 0.457 e. The quantitative estimate of drug-likeness (QED) is 0.399. The van der Waals surface area contributed by atoms with E-state index in [9.17, 15) is 25.2 Å². The average molecular weight is 298 g/mol. The van der Waals surface area contributed by atoms with Crippen LogP contribution in [0, 0.1) is 16.7 Å². The summed E-state index contributed by atoms with van der Waals surface area (Å²) in [7, 11) is 0. The van der Waals surface area contributed by atoms with Gasteiger partial charge in [-0.05, 0) is 25.7 Å². The summed E-state index contributed by atoms with van der Waals surface area (Å²) in [6.45, 7) is 2.46. The number of aliphatic hydroxyl groups excluding tert-OH is 3. The van der Waals surface area contributed by atoms with E-state index < -0.39 is 47.8 Å². The summed E-state index contributed by atoms with van der Waals surface area (Å²) >= 11 is 0. The summed E-state index contributed by atoms with van der Waals surface area (Å²) in [4.78, 5) is 12.0. The molecule has 3 rings (SSSR count). The van der Waals surface area contributed by atoms with Gasteiger partial charge in [0.25, 0.3) is 0 Å². The molecule has 0 amide bonds. The first-order chi connectivity index (χ1) is 9.77. The van der Waals surface area contributed by atoms with Crippen molar-refractivity contribution in [3.63, 3.8) is 0 Å². The Morgan fingerprint density at radius 2 is 2.00 bits per heavy atom. The lowest BCUT2D eigenvalue weighted by Crippen LogP contribution is -2.72. The molecule has 1 saturated heterocycles. The highest BCUT2D eigenvalue weighted by atomic mass is 16.6. The van der Waals surface area contributed by atoms with Gasteiger partial charge in [-0.2, -0.15) is 0 Å². The SMILES string of the molecule is C[C@@H]1CC=C2C(CO)(CO)[C@@](C)(O)[C@H]3C[C@]21[C@@H](O)C(=O)O3. The van der Waals surface area contributed by atoms with Gasteiger partial charge in [0, 0.05) is 5.41 Å². The molecule has 3 aliphatic rings. The normalized spacial score (nSPS) is 47.6. The molecule has 1 heterocycles. The molecule has 5 atom stereocenters. The zero-order chi connectivity index (χ0) is 15.6. The molecule has 4 N–H and O–H groups in total. The number of hydrogen-bond acceptors (Lipinski definition) is 6. The zero-order valence-electron chi connectivity index (χ0n) is 12.2. The molecule has 1 aliphatic heterocycles. The van der Waals surface area contributed by atoms with Crippen molar-refractivity contribution in [2.24, 2.45) is 16.7 Å². The fraction of sp³-hybridized carbons (Fsp3) is 0.800. The second-order valence-electron chi connectivity index (χ2n) is 6.87. The fourth-order valence-corrected chi connectivity index (χ4v) is 4.64. The molecule has 0 unspecified atom stereocenters. The third-order valence-electron chi connectivity index (χ3n) is 6.20. The minimum Gasteiger partial charge on any atom is -0.457 e. The van der Waals surface area contributed by atoms with Crippen LogP contribution in [0.5, 0.6) is 0 Å². The number of aliphatic hydroxyl groups is 4. The van der Waals surface area contributed by atoms with Crippen molar-refractivity contribution in [1.82, 2.24) is 0 Å². The topological polar surface area (TPSA) is 107 Å². The highest BCUT2D eigenvalue weighted by Gasteiger charge is 2.71. The summed E-state index contributed by atoms with van der Waals surface area (Å²) in [6, 6.07) is 0. The lowest BCUT2D eigenvalue weighted by atomic mass is 9.48. The van der Waals surface area contributed by atoms with Crippen LogP contribution in [0.1, 0.15) is 26.7 Å². The first kappa shape index (κ1) is 15.0. The molecule has 6 heteroatoms. The van der Waals surface area contributed by atoms with Crippen molar-refractivity contribution in [3.05, 3.63) is 11.6 Å². The maximum Gasteiger partial charge on any atom is 0.336 e. The highest BCUT2D eigenvalue weighted by molar-refractivity contribution is 5.79. The van der Waals surface area contributed by atoms with E-state index in [0.717, 1.165) is 0 Å². The molecular weight excluding hydrogens is 276 g/mol. The van der Waals surface area contributed by atoms with Gasteiger partial charge in [0.1, 0.15) is 11.7 Å². The van der Waals surface area contributed by atoms with Crippen molar-refractivity contribution in [1.29, 1.82) is 0 Å². The number of rotatable bonds is 2. The Bertz CT molecular complexity index is 506. The summed E-state index contributed by atoms with van der Waals surface area (Å²) in [5.74, 6) is -0.762. The molecule has 0 radical (unpaired) electrons. The molecule has 118 valence electrons. The van der Waals surface area contributed by atoms with Gasteiger partial charge in [-0.25, -0.2) is 4.79 Å². The lowest BCUT2D eigenvalue weighted by Gasteiger charge is -2.61. The van der Waals surface area contributed by atoms with Gasteiger partial charge < -0.3 is 25.2 Å². The Balaban J connectivity index is 2.25. The summed E-state index contributed by atoms with van der Waals surface area (Å²) in [6.07, 6.45) is 0.603. The summed E-state index contributed by atoms with van der Waals surface area (Å²) in [5, 5.41) is 41.2. The number of allylic oxidation sites excluding steroid dienone is 1. The molecule has 0 aromatic heterocycles. The number of ether oxygens (including phenoxy) is 1. The Morgan fingerprint density at radius 3 is 2.57 bits per heavy atom. The van der Waals surface area contributed by atoms with E-state index in [1.807, 2.05) is 13.0 Å². The summed E-state index contributed by atoms with van der Waals surface area (Å²) < 4.78 is 5.21. The first-order valence-electron chi connectivity index (χ1n) is 7.31. The molecule has 6 nitrogen and oxygen atoms in total. The Morgan fingerprint density at radius 1 is 1.38 bits per heavy atom. The standard InChI is InChI=1S/C15H22O6/c1-8-3-4-9-14(6-16,7-17)13(2,20)10-5-15(8,9)11(18)12(19)21-10/h4,8,10-11,16-18,20H,3,5-7H2,1-2H3/t8-,10-,11+,13+,15-/m1/s1. The fourth-order valence-electron chi connectivity index (χ4n) is 4.64. The van der Waals surface area contributed by atoms with E-state index in [1.165, 1.54) is 6.92 Å². The molecular formula is C15H22O6. The van der Waals surface area contributed by atoms with E-state index in [1.54, 1.807) is 0 Å². The number of fused-ring (bicyclic) bond motifs is 1. The van der Waals surface area contributed by atoms with E-state index in [0.29, 0.717) is 18.4 Å². The molecule has 1 spiro atoms. The first-order valence-corrected chi connectivity index (χ1v) is 7.31. The highest BCUT2D eigenvalue weighted by Crippen LogP contribution is 2.65. The van der Waals surface area contributed by atoms with Crippen LogP contribution in [0.3, 0.4) is 0 Å². The molecule has 21 heavy (non-hydrogen) atoms. The molecule has 1 saturated carbocycles. The van der Waals surface area contributed by atoms with Gasteiger partial charge in [0.15, 0.2) is 6.10 Å². The van der Waals surface area contributed by atoms with Crippen LogP contribution in [0.4, 0.5) is 0 Å².